The molecule has 0 saturated heterocycles. The second kappa shape index (κ2) is 16.3. The highest BCUT2D eigenvalue weighted by Gasteiger charge is 2.31. The number of amides is 4. The molecule has 43 heavy (non-hydrogen) atoms. The lowest BCUT2D eigenvalue weighted by Gasteiger charge is -2.25. The second-order valence-electron chi connectivity index (χ2n) is 9.81. The van der Waals surface area contributed by atoms with E-state index >= 15 is 0 Å². The van der Waals surface area contributed by atoms with Crippen molar-refractivity contribution < 1.29 is 49.2 Å². The van der Waals surface area contributed by atoms with Gasteiger partial charge >= 0.3 is 11.9 Å². The van der Waals surface area contributed by atoms with Crippen molar-refractivity contribution in [2.75, 3.05) is 0 Å². The summed E-state index contributed by atoms with van der Waals surface area (Å²) in [5, 5.41) is 44.9. The molecule has 0 saturated carbocycles. The van der Waals surface area contributed by atoms with E-state index in [-0.39, 0.29) is 43.6 Å². The Labute approximate surface area is 246 Å². The molecular weight excluding hydrogens is 566 g/mol. The topological polar surface area (TPSA) is 271 Å². The Balaban J connectivity index is 2.28. The van der Waals surface area contributed by atoms with Crippen LogP contribution in [-0.2, 0) is 41.6 Å². The van der Waals surface area contributed by atoms with Gasteiger partial charge in [-0.1, -0.05) is 24.3 Å². The minimum Gasteiger partial charge on any atom is -0.508 e. The van der Waals surface area contributed by atoms with Crippen LogP contribution in [-0.4, -0.2) is 80.2 Å². The van der Waals surface area contributed by atoms with Gasteiger partial charge in [0.1, 0.15) is 29.6 Å². The quantitative estimate of drug-likeness (QED) is 0.105. The van der Waals surface area contributed by atoms with Crippen LogP contribution in [0.5, 0.6) is 11.5 Å². The molecule has 4 unspecified atom stereocenters. The van der Waals surface area contributed by atoms with Crippen LogP contribution in [0, 0.1) is 0 Å². The van der Waals surface area contributed by atoms with Gasteiger partial charge in [0.2, 0.25) is 23.6 Å². The van der Waals surface area contributed by atoms with Crippen LogP contribution in [0.15, 0.2) is 48.5 Å². The average molecular weight is 602 g/mol. The van der Waals surface area contributed by atoms with Gasteiger partial charge in [0.25, 0.3) is 0 Å². The zero-order valence-corrected chi connectivity index (χ0v) is 23.1. The van der Waals surface area contributed by atoms with Crippen LogP contribution in [0.25, 0.3) is 0 Å². The number of phenols is 2. The Morgan fingerprint density at radius 2 is 1.07 bits per heavy atom. The Kier molecular flexibility index (Phi) is 12.9. The third-order valence-electron chi connectivity index (χ3n) is 6.32. The summed E-state index contributed by atoms with van der Waals surface area (Å²) in [4.78, 5) is 73.4. The van der Waals surface area contributed by atoms with Gasteiger partial charge in [-0.3, -0.25) is 24.0 Å². The predicted octanol–water partition coefficient (Wildman–Crippen LogP) is -1.12. The molecule has 0 aliphatic carbocycles. The van der Waals surface area contributed by atoms with Crippen molar-refractivity contribution in [3.05, 3.63) is 59.7 Å². The standard InChI is InChI=1S/C28H35N5O10/c29-19(9-12-24(37)38)25(39)31-20(10-11-23(30)36)26(40)32-21(13-15-1-5-17(34)6-2-15)27(41)33-22(28(42)43)14-16-3-7-18(35)8-4-16/h1-8,19-22,34-35H,9-14,29H2,(H2,30,36)(H,31,39)(H,32,40)(H,33,41)(H,37,38)(H,42,43). The molecule has 0 fully saturated rings. The molecule has 0 aliphatic heterocycles. The van der Waals surface area contributed by atoms with E-state index in [1.54, 1.807) is 0 Å². The molecular formula is C28H35N5O10. The Morgan fingerprint density at radius 1 is 0.628 bits per heavy atom. The van der Waals surface area contributed by atoms with Gasteiger partial charge in [-0.05, 0) is 48.2 Å². The first kappa shape index (κ1) is 34.0. The number of carboxylic acid groups (broad SMARTS) is 2. The van der Waals surface area contributed by atoms with Crippen LogP contribution in [0.3, 0.4) is 0 Å². The fourth-order valence-electron chi connectivity index (χ4n) is 3.93. The molecule has 2 rings (SSSR count). The van der Waals surface area contributed by atoms with Gasteiger partial charge in [0, 0.05) is 25.7 Å². The monoisotopic (exact) mass is 601 g/mol. The molecule has 15 heteroatoms. The number of primary amides is 1. The largest absolute Gasteiger partial charge is 0.508 e. The van der Waals surface area contributed by atoms with Crippen molar-refractivity contribution >= 4 is 35.6 Å². The van der Waals surface area contributed by atoms with E-state index in [9.17, 15) is 44.1 Å². The van der Waals surface area contributed by atoms with E-state index in [0.29, 0.717) is 11.1 Å². The van der Waals surface area contributed by atoms with Crippen molar-refractivity contribution in [2.45, 2.75) is 62.7 Å². The van der Waals surface area contributed by atoms with E-state index in [4.69, 9.17) is 16.6 Å². The normalized spacial score (nSPS) is 13.5. The molecule has 232 valence electrons. The molecule has 15 nitrogen and oxygen atoms in total. The highest BCUT2D eigenvalue weighted by Crippen LogP contribution is 2.14. The van der Waals surface area contributed by atoms with Crippen LogP contribution in [0.2, 0.25) is 0 Å². The molecule has 11 N–H and O–H groups in total. The molecule has 2 aromatic rings. The Hall–Kier alpha value is -5.18. The van der Waals surface area contributed by atoms with Crippen LogP contribution in [0.1, 0.15) is 36.8 Å². The van der Waals surface area contributed by atoms with Crippen LogP contribution >= 0.6 is 0 Å². The third-order valence-corrected chi connectivity index (χ3v) is 6.32. The number of hydrogen-bond donors (Lipinski definition) is 9. The highest BCUT2D eigenvalue weighted by atomic mass is 16.4. The van der Waals surface area contributed by atoms with Crippen LogP contribution in [0.4, 0.5) is 0 Å². The van der Waals surface area contributed by atoms with E-state index in [2.05, 4.69) is 16.0 Å². The third kappa shape index (κ3) is 12.1. The molecule has 0 bridgehead atoms. The summed E-state index contributed by atoms with van der Waals surface area (Å²) in [6.07, 6.45) is -1.54. The smallest absolute Gasteiger partial charge is 0.326 e. The predicted molar refractivity (Wildman–Crippen MR) is 150 cm³/mol. The van der Waals surface area contributed by atoms with E-state index in [1.165, 1.54) is 48.5 Å². The zero-order chi connectivity index (χ0) is 32.1. The van der Waals surface area contributed by atoms with Gasteiger partial charge < -0.3 is 47.8 Å². The number of benzene rings is 2. The summed E-state index contributed by atoms with van der Waals surface area (Å²) >= 11 is 0. The fourth-order valence-corrected chi connectivity index (χ4v) is 3.93. The maximum Gasteiger partial charge on any atom is 0.326 e. The van der Waals surface area contributed by atoms with Gasteiger partial charge in [-0.15, -0.1) is 0 Å². The highest BCUT2D eigenvalue weighted by molar-refractivity contribution is 5.94. The summed E-state index contributed by atoms with van der Waals surface area (Å²) in [5.41, 5.74) is 11.9. The molecule has 0 radical (unpaired) electrons. The summed E-state index contributed by atoms with van der Waals surface area (Å²) < 4.78 is 0. The number of nitrogens with one attached hydrogen (secondary N) is 3. The Bertz CT molecular complexity index is 1300. The first-order chi connectivity index (χ1) is 20.2. The lowest BCUT2D eigenvalue weighted by molar-refractivity contribution is -0.142. The maximum absolute atomic E-state index is 13.4. The minimum absolute atomic E-state index is 0.0304. The van der Waals surface area contributed by atoms with E-state index in [1.807, 2.05) is 0 Å². The number of carbonyl (C=O) groups excluding carboxylic acids is 4. The number of hydrogen-bond acceptors (Lipinski definition) is 9. The van der Waals surface area contributed by atoms with E-state index in [0.717, 1.165) is 0 Å². The van der Waals surface area contributed by atoms with E-state index < -0.39 is 66.2 Å². The summed E-state index contributed by atoms with van der Waals surface area (Å²) in [5.74, 6) is -6.07. The SMILES string of the molecule is NC(=O)CCC(NC(=O)C(N)CCC(=O)O)C(=O)NC(Cc1ccc(O)cc1)C(=O)NC(Cc1ccc(O)cc1)C(=O)O. The van der Waals surface area contributed by atoms with Crippen molar-refractivity contribution in [3.63, 3.8) is 0 Å². The molecule has 0 aromatic heterocycles. The fraction of sp³-hybridized carbons (Fsp3) is 0.357. The minimum atomic E-state index is -1.42. The maximum atomic E-state index is 13.4. The molecule has 2 aromatic carbocycles. The van der Waals surface area contributed by atoms with Crippen molar-refractivity contribution in [1.29, 1.82) is 0 Å². The van der Waals surface area contributed by atoms with Crippen molar-refractivity contribution in [1.82, 2.24) is 16.0 Å². The van der Waals surface area contributed by atoms with Gasteiger partial charge in [0.15, 0.2) is 0 Å². The van der Waals surface area contributed by atoms with Crippen molar-refractivity contribution in [3.8, 4) is 11.5 Å². The van der Waals surface area contributed by atoms with Gasteiger partial charge in [-0.2, -0.15) is 0 Å². The van der Waals surface area contributed by atoms with Crippen molar-refractivity contribution in [2.24, 2.45) is 11.5 Å². The molecule has 0 aliphatic rings. The number of carboxylic acids is 2. The molecule has 0 spiro atoms. The number of aliphatic carboxylic acids is 2. The van der Waals surface area contributed by atoms with Gasteiger partial charge in [0.05, 0.1) is 6.04 Å². The number of aromatic hydroxyl groups is 2. The lowest BCUT2D eigenvalue weighted by Crippen LogP contribution is -2.58. The molecule has 0 heterocycles. The van der Waals surface area contributed by atoms with Gasteiger partial charge in [-0.25, -0.2) is 4.79 Å². The Morgan fingerprint density at radius 3 is 1.53 bits per heavy atom. The second-order valence-corrected chi connectivity index (χ2v) is 9.81. The lowest BCUT2D eigenvalue weighted by atomic mass is 10.0. The summed E-state index contributed by atoms with van der Waals surface area (Å²) in [7, 11) is 0. The zero-order valence-electron chi connectivity index (χ0n) is 23.1. The number of carbonyl (C=O) groups is 6. The summed E-state index contributed by atoms with van der Waals surface area (Å²) in [6.45, 7) is 0. The number of nitrogens with two attached hydrogens (primary N) is 2. The number of rotatable bonds is 17. The first-order valence-electron chi connectivity index (χ1n) is 13.2. The number of phenolic OH excluding ortho intramolecular Hbond substituents is 2. The molecule has 4 amide bonds. The first-order valence-corrected chi connectivity index (χ1v) is 13.2. The van der Waals surface area contributed by atoms with Crippen LogP contribution < -0.4 is 27.4 Å². The average Bonchev–Trinajstić information content (AvgIpc) is 2.94. The summed E-state index contributed by atoms with van der Waals surface area (Å²) in [6, 6.07) is 5.88. The molecule has 4 atom stereocenters.